The van der Waals surface area contributed by atoms with E-state index in [0.717, 1.165) is 5.92 Å². The van der Waals surface area contributed by atoms with Crippen LogP contribution in [0.15, 0.2) is 24.3 Å². The van der Waals surface area contributed by atoms with Crippen molar-refractivity contribution in [2.75, 3.05) is 0 Å². The summed E-state index contributed by atoms with van der Waals surface area (Å²) in [7, 11) is 0. The first kappa shape index (κ1) is 4.63. The van der Waals surface area contributed by atoms with Crippen LogP contribution in [0.25, 0.3) is 0 Å². The second-order valence-electron chi connectivity index (χ2n) is 1.91. The molecule has 0 aliphatic heterocycles. The monoisotopic (exact) mass is 94.1 g/mol. The average molecular weight is 94.2 g/mol. The van der Waals surface area contributed by atoms with Gasteiger partial charge in [-0.05, 0) is 13.3 Å². The van der Waals surface area contributed by atoms with Gasteiger partial charge in [0.2, 0.25) is 0 Å². The lowest BCUT2D eigenvalue weighted by atomic mass is 10.4. The summed E-state index contributed by atoms with van der Waals surface area (Å²) in [5.74, 6) is 0.741. The molecular formula is C7H10. The number of hydrogen-bond donors (Lipinski definition) is 0. The van der Waals surface area contributed by atoms with Crippen molar-refractivity contribution in [1.82, 2.24) is 0 Å². The Kier molecular flexibility index (Phi) is 1.01. The van der Waals surface area contributed by atoms with Gasteiger partial charge in [0.25, 0.3) is 0 Å². The molecule has 0 saturated heterocycles. The molecule has 0 aromatic rings. The van der Waals surface area contributed by atoms with Crippen LogP contribution in [0, 0.1) is 5.92 Å². The average Bonchev–Trinajstić information content (AvgIpc) is 2.43. The molecule has 1 aliphatic carbocycles. The highest BCUT2D eigenvalue weighted by Gasteiger charge is 2.23. The van der Waals surface area contributed by atoms with Gasteiger partial charge in [-0.3, -0.25) is 0 Å². The van der Waals surface area contributed by atoms with Crippen molar-refractivity contribution >= 4 is 0 Å². The van der Waals surface area contributed by atoms with Gasteiger partial charge >= 0.3 is 0 Å². The van der Waals surface area contributed by atoms with Gasteiger partial charge < -0.3 is 0 Å². The molecule has 0 bridgehead atoms. The van der Waals surface area contributed by atoms with Gasteiger partial charge in [0.1, 0.15) is 0 Å². The van der Waals surface area contributed by atoms with Crippen LogP contribution in [0.4, 0.5) is 0 Å². The van der Waals surface area contributed by atoms with Gasteiger partial charge in [0.15, 0.2) is 0 Å². The van der Waals surface area contributed by atoms with E-state index in [1.807, 2.05) is 6.08 Å². The van der Waals surface area contributed by atoms with Crippen LogP contribution < -0.4 is 0 Å². The van der Waals surface area contributed by atoms with Gasteiger partial charge in [-0.2, -0.15) is 0 Å². The molecule has 38 valence electrons. The molecule has 0 aromatic carbocycles. The Morgan fingerprint density at radius 3 is 2.71 bits per heavy atom. The van der Waals surface area contributed by atoms with Gasteiger partial charge in [0, 0.05) is 5.92 Å². The molecule has 0 aromatic heterocycles. The van der Waals surface area contributed by atoms with Crippen molar-refractivity contribution in [3.63, 3.8) is 0 Å². The molecule has 1 rings (SSSR count). The fourth-order valence-electron chi connectivity index (χ4n) is 0.762. The Morgan fingerprint density at radius 1 is 1.86 bits per heavy atom. The third-order valence-electron chi connectivity index (χ3n) is 1.43. The van der Waals surface area contributed by atoms with Crippen molar-refractivity contribution < 1.29 is 0 Å². The third kappa shape index (κ3) is 0.738. The van der Waals surface area contributed by atoms with Crippen LogP contribution in [0.5, 0.6) is 0 Å². The Balaban J connectivity index is 2.45. The molecule has 0 nitrogen and oxygen atoms in total. The first-order valence-corrected chi connectivity index (χ1v) is 2.66. The lowest BCUT2D eigenvalue weighted by Gasteiger charge is -1.69. The van der Waals surface area contributed by atoms with Gasteiger partial charge in [0.05, 0.1) is 0 Å². The molecule has 0 N–H and O–H groups in total. The zero-order valence-corrected chi connectivity index (χ0v) is 4.65. The molecule has 1 saturated carbocycles. The quantitative estimate of drug-likeness (QED) is 0.437. The standard InChI is InChI=1S/C7H10/c1-3-6-5-7(6)4-2/h3-4,6H,1,5H2,2H3. The lowest BCUT2D eigenvalue weighted by Crippen LogP contribution is -1.55. The third-order valence-corrected chi connectivity index (χ3v) is 1.43. The Morgan fingerprint density at radius 2 is 2.57 bits per heavy atom. The topological polar surface area (TPSA) is 0 Å². The molecule has 0 spiro atoms. The normalized spacial score (nSPS) is 33.3. The van der Waals surface area contributed by atoms with E-state index in [-0.39, 0.29) is 0 Å². The lowest BCUT2D eigenvalue weighted by molar-refractivity contribution is 1.17. The summed E-state index contributed by atoms with van der Waals surface area (Å²) in [5, 5.41) is 0. The van der Waals surface area contributed by atoms with E-state index in [2.05, 4.69) is 19.6 Å². The van der Waals surface area contributed by atoms with E-state index in [0.29, 0.717) is 0 Å². The first-order chi connectivity index (χ1) is 3.38. The van der Waals surface area contributed by atoms with E-state index in [1.54, 1.807) is 5.57 Å². The van der Waals surface area contributed by atoms with Crippen LogP contribution in [-0.2, 0) is 0 Å². The minimum atomic E-state index is 0.741. The Bertz CT molecular complexity index is 109. The molecule has 1 aliphatic rings. The van der Waals surface area contributed by atoms with E-state index in [1.165, 1.54) is 6.42 Å². The van der Waals surface area contributed by atoms with Crippen molar-refractivity contribution in [2.24, 2.45) is 5.92 Å². The number of hydrogen-bond acceptors (Lipinski definition) is 0. The molecule has 1 atom stereocenters. The zero-order valence-electron chi connectivity index (χ0n) is 4.65. The molecule has 1 fully saturated rings. The molecule has 7 heavy (non-hydrogen) atoms. The Hall–Kier alpha value is -0.520. The highest BCUT2D eigenvalue weighted by Crippen LogP contribution is 2.37. The summed E-state index contributed by atoms with van der Waals surface area (Å²) in [6, 6.07) is 0. The summed E-state index contributed by atoms with van der Waals surface area (Å²) < 4.78 is 0. The Labute approximate surface area is 44.5 Å². The minimum absolute atomic E-state index is 0.741. The van der Waals surface area contributed by atoms with Gasteiger partial charge in [-0.15, -0.1) is 6.58 Å². The first-order valence-electron chi connectivity index (χ1n) is 2.66. The van der Waals surface area contributed by atoms with Crippen molar-refractivity contribution in [2.45, 2.75) is 13.3 Å². The molecule has 0 amide bonds. The van der Waals surface area contributed by atoms with Gasteiger partial charge in [-0.25, -0.2) is 0 Å². The minimum Gasteiger partial charge on any atom is -0.102 e. The predicted octanol–water partition coefficient (Wildman–Crippen LogP) is 2.14. The molecule has 0 radical (unpaired) electrons. The molecular weight excluding hydrogens is 84.1 g/mol. The van der Waals surface area contributed by atoms with Gasteiger partial charge in [-0.1, -0.05) is 17.7 Å². The van der Waals surface area contributed by atoms with Crippen molar-refractivity contribution in [3.05, 3.63) is 24.3 Å². The summed E-state index contributed by atoms with van der Waals surface area (Å²) >= 11 is 0. The molecule has 1 unspecified atom stereocenters. The fourth-order valence-corrected chi connectivity index (χ4v) is 0.762. The summed E-state index contributed by atoms with van der Waals surface area (Å²) in [6.07, 6.45) is 5.45. The van der Waals surface area contributed by atoms with E-state index in [9.17, 15) is 0 Å². The fraction of sp³-hybridized carbons (Fsp3) is 0.429. The second-order valence-corrected chi connectivity index (χ2v) is 1.91. The maximum atomic E-state index is 3.68. The van der Waals surface area contributed by atoms with Crippen LogP contribution in [0.3, 0.4) is 0 Å². The maximum Gasteiger partial charge on any atom is 0.00117 e. The van der Waals surface area contributed by atoms with Crippen molar-refractivity contribution in [3.8, 4) is 0 Å². The zero-order chi connectivity index (χ0) is 5.28. The van der Waals surface area contributed by atoms with Crippen LogP contribution >= 0.6 is 0 Å². The molecule has 0 heteroatoms. The largest absolute Gasteiger partial charge is 0.102 e. The van der Waals surface area contributed by atoms with E-state index < -0.39 is 0 Å². The highest BCUT2D eigenvalue weighted by molar-refractivity contribution is 5.27. The van der Waals surface area contributed by atoms with E-state index >= 15 is 0 Å². The predicted molar refractivity (Wildman–Crippen MR) is 32.1 cm³/mol. The van der Waals surface area contributed by atoms with Crippen LogP contribution in [-0.4, -0.2) is 0 Å². The maximum absolute atomic E-state index is 3.68. The van der Waals surface area contributed by atoms with Crippen LogP contribution in [0.2, 0.25) is 0 Å². The summed E-state index contributed by atoms with van der Waals surface area (Å²) in [6.45, 7) is 5.76. The number of allylic oxidation sites excluding steroid dienone is 3. The summed E-state index contributed by atoms with van der Waals surface area (Å²) in [5.41, 5.74) is 1.55. The van der Waals surface area contributed by atoms with Crippen molar-refractivity contribution in [1.29, 1.82) is 0 Å². The molecule has 0 heterocycles. The summed E-state index contributed by atoms with van der Waals surface area (Å²) in [4.78, 5) is 0. The smallest absolute Gasteiger partial charge is 0.00117 e. The van der Waals surface area contributed by atoms with E-state index in [4.69, 9.17) is 0 Å². The number of rotatable bonds is 1. The highest BCUT2D eigenvalue weighted by atomic mass is 14.3. The SMILES string of the molecule is C=CC1CC1=CC. The second kappa shape index (κ2) is 1.53. The van der Waals surface area contributed by atoms with Crippen LogP contribution in [0.1, 0.15) is 13.3 Å².